The monoisotopic (exact) mass is 427 g/mol. The maximum absolute atomic E-state index is 12.7. The normalized spacial score (nSPS) is 12.1. The first-order valence-electron chi connectivity index (χ1n) is 9.00. The minimum absolute atomic E-state index is 0.0740. The predicted molar refractivity (Wildman–Crippen MR) is 115 cm³/mol. The van der Waals surface area contributed by atoms with Crippen molar-refractivity contribution in [3.05, 3.63) is 68.3 Å². The average Bonchev–Trinajstić information content (AvgIpc) is 3.34. The predicted octanol–water partition coefficient (Wildman–Crippen LogP) is 4.60. The molecule has 0 radical (unpaired) electrons. The third-order valence-electron chi connectivity index (χ3n) is 4.42. The molecule has 1 amide bonds. The first-order valence-corrected chi connectivity index (χ1v) is 10.6. The summed E-state index contributed by atoms with van der Waals surface area (Å²) in [6.07, 6.45) is 0. The molecule has 9 heteroatoms. The fourth-order valence-corrected chi connectivity index (χ4v) is 4.98. The van der Waals surface area contributed by atoms with E-state index in [1.165, 1.54) is 23.5 Å². The molecule has 4 aromatic rings. The highest BCUT2D eigenvalue weighted by molar-refractivity contribution is 7.18. The number of aromatic nitrogens is 1. The van der Waals surface area contributed by atoms with E-state index >= 15 is 0 Å². The maximum atomic E-state index is 12.7. The minimum atomic E-state index is -0.505. The summed E-state index contributed by atoms with van der Waals surface area (Å²) in [6, 6.07) is 14.9. The number of carbonyl (C=O) groups excluding carboxylic acids is 1. The van der Waals surface area contributed by atoms with E-state index in [0.717, 1.165) is 32.3 Å². The average molecular weight is 428 g/mol. The van der Waals surface area contributed by atoms with Gasteiger partial charge in [0.25, 0.3) is 5.91 Å². The van der Waals surface area contributed by atoms with Crippen LogP contribution in [0.2, 0.25) is 0 Å². The lowest BCUT2D eigenvalue weighted by atomic mass is 10.1. The van der Waals surface area contributed by atoms with Gasteiger partial charge in [0, 0.05) is 24.6 Å². The molecule has 0 unspecified atom stereocenters. The lowest BCUT2D eigenvalue weighted by Crippen LogP contribution is -2.19. The van der Waals surface area contributed by atoms with Crippen LogP contribution in [0, 0.1) is 10.1 Å². The molecule has 148 valence electrons. The van der Waals surface area contributed by atoms with Crippen molar-refractivity contribution in [2.24, 2.45) is 4.99 Å². The fourth-order valence-electron chi connectivity index (χ4n) is 3.08. The summed E-state index contributed by atoms with van der Waals surface area (Å²) in [5, 5.41) is 13.0. The van der Waals surface area contributed by atoms with Crippen molar-refractivity contribution in [1.29, 1.82) is 0 Å². The zero-order valence-corrected chi connectivity index (χ0v) is 17.2. The van der Waals surface area contributed by atoms with Crippen LogP contribution in [0.5, 0.6) is 0 Å². The number of carbonyl (C=O) groups is 1. The summed E-state index contributed by atoms with van der Waals surface area (Å²) in [7, 11) is 0. The zero-order valence-electron chi connectivity index (χ0n) is 15.5. The molecule has 4 rings (SSSR count). The summed E-state index contributed by atoms with van der Waals surface area (Å²) in [6.45, 7) is 3.60. The Morgan fingerprint density at radius 1 is 1.17 bits per heavy atom. The molecule has 0 atom stereocenters. The number of benzene rings is 2. The van der Waals surface area contributed by atoms with Gasteiger partial charge in [-0.05, 0) is 24.4 Å². The van der Waals surface area contributed by atoms with Gasteiger partial charge in [-0.15, -0.1) is 0 Å². The van der Waals surface area contributed by atoms with Crippen LogP contribution in [0.15, 0.2) is 53.5 Å². The van der Waals surface area contributed by atoms with E-state index in [-0.39, 0.29) is 9.88 Å². The molecule has 2 heterocycles. The zero-order chi connectivity index (χ0) is 20.4. The Bertz CT molecular complexity index is 1290. The second kappa shape index (κ2) is 8.24. The van der Waals surface area contributed by atoms with Crippen LogP contribution in [0.1, 0.15) is 16.6 Å². The Hall–Kier alpha value is -2.88. The van der Waals surface area contributed by atoms with Crippen LogP contribution in [-0.2, 0) is 11.3 Å². The Kier molecular flexibility index (Phi) is 5.52. The minimum Gasteiger partial charge on any atom is -0.380 e. The molecular formula is C20H17N3O4S2. The Morgan fingerprint density at radius 2 is 2.00 bits per heavy atom. The number of hydrogen-bond donors (Lipinski definition) is 0. The highest BCUT2D eigenvalue weighted by Gasteiger charge is 2.16. The third kappa shape index (κ3) is 3.84. The van der Waals surface area contributed by atoms with Crippen molar-refractivity contribution in [3.8, 4) is 0 Å². The van der Waals surface area contributed by atoms with Crippen molar-refractivity contribution >= 4 is 54.6 Å². The smallest absolute Gasteiger partial charge is 0.324 e. The second-order valence-electron chi connectivity index (χ2n) is 6.18. The molecule has 0 aliphatic rings. The molecule has 2 aromatic carbocycles. The van der Waals surface area contributed by atoms with Gasteiger partial charge in [0.05, 0.1) is 21.7 Å². The molecule has 0 saturated carbocycles. The fraction of sp³-hybridized carbons (Fsp3) is 0.200. The van der Waals surface area contributed by atoms with Crippen LogP contribution in [0.3, 0.4) is 0 Å². The molecule has 0 fully saturated rings. The first kappa shape index (κ1) is 19.4. The van der Waals surface area contributed by atoms with E-state index in [9.17, 15) is 14.9 Å². The van der Waals surface area contributed by atoms with Gasteiger partial charge in [-0.1, -0.05) is 53.0 Å². The van der Waals surface area contributed by atoms with Gasteiger partial charge in [-0.25, -0.2) is 0 Å². The molecule has 0 aliphatic carbocycles. The van der Waals surface area contributed by atoms with E-state index in [2.05, 4.69) is 17.1 Å². The van der Waals surface area contributed by atoms with Crippen molar-refractivity contribution in [1.82, 2.24) is 4.57 Å². The highest BCUT2D eigenvalue weighted by Crippen LogP contribution is 2.28. The third-order valence-corrected chi connectivity index (χ3v) is 6.57. The first-order chi connectivity index (χ1) is 14.1. The van der Waals surface area contributed by atoms with Gasteiger partial charge in [-0.2, -0.15) is 4.99 Å². The van der Waals surface area contributed by atoms with E-state index in [1.807, 2.05) is 35.8 Å². The number of nitro groups is 1. The Labute approximate surface area is 173 Å². The summed E-state index contributed by atoms with van der Waals surface area (Å²) in [5.41, 5.74) is 0.983. The van der Waals surface area contributed by atoms with Gasteiger partial charge < -0.3 is 9.30 Å². The summed E-state index contributed by atoms with van der Waals surface area (Å²) < 4.78 is 8.52. The van der Waals surface area contributed by atoms with Gasteiger partial charge in [0.15, 0.2) is 4.80 Å². The second-order valence-corrected chi connectivity index (χ2v) is 8.22. The number of thiophene rings is 1. The molecule has 29 heavy (non-hydrogen) atoms. The van der Waals surface area contributed by atoms with Crippen molar-refractivity contribution in [2.75, 3.05) is 13.2 Å². The molecule has 7 nitrogen and oxygen atoms in total. The number of thiazole rings is 1. The number of rotatable bonds is 6. The molecule has 0 N–H and O–H groups in total. The Balaban J connectivity index is 1.85. The lowest BCUT2D eigenvalue weighted by molar-refractivity contribution is -0.380. The van der Waals surface area contributed by atoms with Crippen LogP contribution >= 0.6 is 22.7 Å². The van der Waals surface area contributed by atoms with E-state index in [1.54, 1.807) is 0 Å². The number of ether oxygens (including phenoxy) is 1. The van der Waals surface area contributed by atoms with Crippen LogP contribution in [0.4, 0.5) is 5.00 Å². The molecule has 0 saturated heterocycles. The van der Waals surface area contributed by atoms with Gasteiger partial charge in [0.2, 0.25) is 0 Å². The van der Waals surface area contributed by atoms with Crippen LogP contribution in [-0.4, -0.2) is 28.6 Å². The van der Waals surface area contributed by atoms with Gasteiger partial charge in [-0.3, -0.25) is 14.9 Å². The van der Waals surface area contributed by atoms with E-state index in [4.69, 9.17) is 4.74 Å². The van der Waals surface area contributed by atoms with Gasteiger partial charge in [0.1, 0.15) is 4.88 Å². The van der Waals surface area contributed by atoms with E-state index < -0.39 is 10.8 Å². The molecular weight excluding hydrogens is 410 g/mol. The Morgan fingerprint density at radius 3 is 2.76 bits per heavy atom. The van der Waals surface area contributed by atoms with Crippen molar-refractivity contribution in [3.63, 3.8) is 0 Å². The van der Waals surface area contributed by atoms with Crippen LogP contribution in [0.25, 0.3) is 21.0 Å². The molecule has 0 bridgehead atoms. The standard InChI is InChI=1S/C20H17N3O4S2/c1-2-27-12-11-22-15-8-7-13-5-3-4-6-14(13)18(15)29-20(22)21-19(24)16-9-10-17(28-16)23(25)26/h3-10H,2,11-12H2,1H3. The summed E-state index contributed by atoms with van der Waals surface area (Å²) >= 11 is 2.27. The lowest BCUT2D eigenvalue weighted by Gasteiger charge is -2.06. The number of amides is 1. The van der Waals surface area contributed by atoms with Crippen LogP contribution < -0.4 is 4.80 Å². The largest absolute Gasteiger partial charge is 0.380 e. The number of hydrogen-bond acceptors (Lipinski definition) is 6. The number of fused-ring (bicyclic) bond motifs is 3. The van der Waals surface area contributed by atoms with Gasteiger partial charge >= 0.3 is 5.00 Å². The van der Waals surface area contributed by atoms with E-state index in [0.29, 0.717) is 24.6 Å². The highest BCUT2D eigenvalue weighted by atomic mass is 32.1. The van der Waals surface area contributed by atoms with Crippen molar-refractivity contribution < 1.29 is 14.5 Å². The van der Waals surface area contributed by atoms with Crippen molar-refractivity contribution in [2.45, 2.75) is 13.5 Å². The summed E-state index contributed by atoms with van der Waals surface area (Å²) in [4.78, 5) is 28.1. The topological polar surface area (TPSA) is 86.7 Å². The molecule has 2 aromatic heterocycles. The quantitative estimate of drug-likeness (QED) is 0.256. The molecule has 0 aliphatic heterocycles. The summed E-state index contributed by atoms with van der Waals surface area (Å²) in [5.74, 6) is -0.482. The molecule has 0 spiro atoms. The SMILES string of the molecule is CCOCCn1c(=NC(=O)c2ccc([N+](=O)[O-])s2)sc2c3ccccc3ccc21. The maximum Gasteiger partial charge on any atom is 0.324 e. The number of nitrogens with zero attached hydrogens (tertiary/aromatic N) is 3.